The number of aromatic amines is 1. The monoisotopic (exact) mass is 489 g/mol. The normalized spacial score (nSPS) is 22.5. The van der Waals surface area contributed by atoms with Gasteiger partial charge in [0.25, 0.3) is 0 Å². The molecule has 0 unspecified atom stereocenters. The molecule has 0 amide bonds. The quantitative estimate of drug-likeness (QED) is 0.390. The lowest BCUT2D eigenvalue weighted by Gasteiger charge is -2.16. The standard InChI is InChI=1S/C24H26F3N5OS/c1-31-21(19-4-2-5-20(33)28-19)29-30-22(31)34-13-3-11-32-12-10-23(15-32)14-18(23)16-6-8-17(9-7-16)24(25,26)27/h2,4-9,18H,3,10-15H2,1H3,(H,28,33)/t18-,23+/m1/s1. The minimum atomic E-state index is -4.28. The van der Waals surface area contributed by atoms with Gasteiger partial charge in [-0.1, -0.05) is 30.0 Å². The smallest absolute Gasteiger partial charge is 0.319 e. The van der Waals surface area contributed by atoms with E-state index >= 15 is 0 Å². The van der Waals surface area contributed by atoms with Crippen molar-refractivity contribution in [1.29, 1.82) is 0 Å². The molecular formula is C24H26F3N5OS. The van der Waals surface area contributed by atoms with Gasteiger partial charge in [0.05, 0.1) is 11.3 Å². The van der Waals surface area contributed by atoms with Gasteiger partial charge in [-0.2, -0.15) is 13.2 Å². The van der Waals surface area contributed by atoms with Crippen molar-refractivity contribution in [3.8, 4) is 11.5 Å². The molecule has 3 heterocycles. The maximum absolute atomic E-state index is 12.8. The zero-order valence-electron chi connectivity index (χ0n) is 18.8. The molecule has 180 valence electrons. The Morgan fingerprint density at radius 1 is 1.18 bits per heavy atom. The fourth-order valence-corrected chi connectivity index (χ4v) is 5.89. The Kier molecular flexibility index (Phi) is 6.05. The van der Waals surface area contributed by atoms with Crippen LogP contribution in [0.15, 0.2) is 52.4 Å². The van der Waals surface area contributed by atoms with E-state index in [9.17, 15) is 18.0 Å². The van der Waals surface area contributed by atoms with E-state index in [4.69, 9.17) is 0 Å². The number of benzene rings is 1. The van der Waals surface area contributed by atoms with Crippen LogP contribution in [0.5, 0.6) is 0 Å². The van der Waals surface area contributed by atoms with Gasteiger partial charge < -0.3 is 14.5 Å². The Bertz CT molecular complexity index is 1220. The fraction of sp³-hybridized carbons (Fsp3) is 0.458. The lowest BCUT2D eigenvalue weighted by Crippen LogP contribution is -2.23. The van der Waals surface area contributed by atoms with Gasteiger partial charge in [0, 0.05) is 25.4 Å². The summed E-state index contributed by atoms with van der Waals surface area (Å²) in [5.41, 5.74) is 1.16. The highest BCUT2D eigenvalue weighted by molar-refractivity contribution is 7.99. The summed E-state index contributed by atoms with van der Waals surface area (Å²) in [5, 5.41) is 9.28. The molecule has 0 bridgehead atoms. The van der Waals surface area contributed by atoms with Crippen LogP contribution >= 0.6 is 11.8 Å². The van der Waals surface area contributed by atoms with E-state index < -0.39 is 11.7 Å². The summed E-state index contributed by atoms with van der Waals surface area (Å²) in [6.45, 7) is 3.04. The van der Waals surface area contributed by atoms with Crippen molar-refractivity contribution in [2.24, 2.45) is 12.5 Å². The first kappa shape index (κ1) is 23.2. The van der Waals surface area contributed by atoms with Gasteiger partial charge in [-0.25, -0.2) is 0 Å². The molecule has 3 aromatic rings. The highest BCUT2D eigenvalue weighted by Gasteiger charge is 2.57. The lowest BCUT2D eigenvalue weighted by atomic mass is 9.97. The van der Waals surface area contributed by atoms with E-state index in [2.05, 4.69) is 20.1 Å². The SMILES string of the molecule is Cn1c(SCCCN2CC[C@]3(C[C@@H]3c3ccc(C(F)(F)F)cc3)C2)nnc1-c1cccc(=O)[nH]1. The van der Waals surface area contributed by atoms with Crippen molar-refractivity contribution in [3.63, 3.8) is 0 Å². The maximum Gasteiger partial charge on any atom is 0.416 e. The number of alkyl halides is 3. The second-order valence-corrected chi connectivity index (χ2v) is 10.3. The second-order valence-electron chi connectivity index (χ2n) is 9.26. The zero-order chi connectivity index (χ0) is 23.9. The minimum Gasteiger partial charge on any atom is -0.319 e. The van der Waals surface area contributed by atoms with Crippen LogP contribution in [0.4, 0.5) is 13.2 Å². The van der Waals surface area contributed by atoms with E-state index in [0.29, 0.717) is 17.4 Å². The number of thioether (sulfide) groups is 1. The number of nitrogens with zero attached hydrogens (tertiary/aromatic N) is 4. The number of H-pyrrole nitrogens is 1. The molecule has 1 aliphatic heterocycles. The van der Waals surface area contributed by atoms with Crippen molar-refractivity contribution in [3.05, 3.63) is 63.9 Å². The molecule has 2 atom stereocenters. The summed E-state index contributed by atoms with van der Waals surface area (Å²) in [5.74, 6) is 1.91. The largest absolute Gasteiger partial charge is 0.416 e. The minimum absolute atomic E-state index is 0.172. The Morgan fingerprint density at radius 2 is 1.97 bits per heavy atom. The average Bonchev–Trinajstić information content (AvgIpc) is 3.14. The Balaban J connectivity index is 1.09. The van der Waals surface area contributed by atoms with Crippen LogP contribution in [0.3, 0.4) is 0 Å². The predicted octanol–water partition coefficient (Wildman–Crippen LogP) is 4.55. The number of pyridine rings is 1. The van der Waals surface area contributed by atoms with Crippen LogP contribution in [0.2, 0.25) is 0 Å². The molecule has 0 radical (unpaired) electrons. The molecule has 2 aromatic heterocycles. The fourth-order valence-electron chi connectivity index (χ4n) is 5.05. The number of halogens is 3. The van der Waals surface area contributed by atoms with Gasteiger partial charge in [-0.15, -0.1) is 10.2 Å². The number of hydrogen-bond donors (Lipinski definition) is 1. The molecule has 1 saturated heterocycles. The Morgan fingerprint density at radius 3 is 2.71 bits per heavy atom. The second kappa shape index (κ2) is 8.88. The highest BCUT2D eigenvalue weighted by atomic mass is 32.2. The van der Waals surface area contributed by atoms with E-state index in [-0.39, 0.29) is 11.0 Å². The molecule has 1 aromatic carbocycles. The third-order valence-electron chi connectivity index (χ3n) is 6.99. The first-order valence-corrected chi connectivity index (χ1v) is 12.4. The first-order valence-electron chi connectivity index (χ1n) is 11.4. The van der Waals surface area contributed by atoms with Gasteiger partial charge in [0.2, 0.25) is 5.56 Å². The average molecular weight is 490 g/mol. The van der Waals surface area contributed by atoms with E-state index in [0.717, 1.165) is 55.4 Å². The van der Waals surface area contributed by atoms with Gasteiger partial charge in [-0.3, -0.25) is 4.79 Å². The zero-order valence-corrected chi connectivity index (χ0v) is 19.6. The molecule has 10 heteroatoms. The van der Waals surface area contributed by atoms with Crippen molar-refractivity contribution in [1.82, 2.24) is 24.6 Å². The van der Waals surface area contributed by atoms with Gasteiger partial charge in [0.1, 0.15) is 0 Å². The van der Waals surface area contributed by atoms with E-state index in [1.165, 1.54) is 18.2 Å². The summed E-state index contributed by atoms with van der Waals surface area (Å²) in [7, 11) is 1.89. The summed E-state index contributed by atoms with van der Waals surface area (Å²) in [6.07, 6.45) is -1.11. The van der Waals surface area contributed by atoms with E-state index in [1.807, 2.05) is 11.6 Å². The molecule has 1 aliphatic carbocycles. The topological polar surface area (TPSA) is 66.8 Å². The molecule has 2 fully saturated rings. The van der Waals surface area contributed by atoms with Gasteiger partial charge in [-0.05, 0) is 67.4 Å². The molecule has 2 aliphatic rings. The van der Waals surface area contributed by atoms with Crippen molar-refractivity contribution >= 4 is 11.8 Å². The molecule has 1 N–H and O–H groups in total. The summed E-state index contributed by atoms with van der Waals surface area (Å²) in [6, 6.07) is 10.7. The van der Waals surface area contributed by atoms with E-state index in [1.54, 1.807) is 36.0 Å². The van der Waals surface area contributed by atoms with Crippen LogP contribution < -0.4 is 5.56 Å². The molecule has 1 saturated carbocycles. The summed E-state index contributed by atoms with van der Waals surface area (Å²) in [4.78, 5) is 16.8. The number of hydrogen-bond acceptors (Lipinski definition) is 5. The molecular weight excluding hydrogens is 463 g/mol. The summed E-state index contributed by atoms with van der Waals surface area (Å²) >= 11 is 1.65. The third kappa shape index (κ3) is 4.65. The Labute approximate surface area is 199 Å². The molecule has 34 heavy (non-hydrogen) atoms. The molecule has 1 spiro atoms. The van der Waals surface area contributed by atoms with Crippen LogP contribution in [0.1, 0.15) is 36.3 Å². The first-order chi connectivity index (χ1) is 16.2. The highest BCUT2D eigenvalue weighted by Crippen LogP contribution is 2.64. The molecule has 6 nitrogen and oxygen atoms in total. The number of rotatable bonds is 7. The maximum atomic E-state index is 12.8. The molecule has 5 rings (SSSR count). The van der Waals surface area contributed by atoms with Gasteiger partial charge in [0.15, 0.2) is 11.0 Å². The number of likely N-dealkylation sites (tertiary alicyclic amines) is 1. The number of nitrogens with one attached hydrogen (secondary N) is 1. The predicted molar refractivity (Wildman–Crippen MR) is 125 cm³/mol. The summed E-state index contributed by atoms with van der Waals surface area (Å²) < 4.78 is 40.4. The van der Waals surface area contributed by atoms with Crippen molar-refractivity contribution < 1.29 is 13.2 Å². The third-order valence-corrected chi connectivity index (χ3v) is 8.10. The van der Waals surface area contributed by atoms with Crippen LogP contribution in [-0.2, 0) is 13.2 Å². The Hall–Kier alpha value is -2.59. The van der Waals surface area contributed by atoms with Crippen molar-refractivity contribution in [2.45, 2.75) is 36.5 Å². The lowest BCUT2D eigenvalue weighted by molar-refractivity contribution is -0.137. The number of aromatic nitrogens is 4. The van der Waals surface area contributed by atoms with Crippen molar-refractivity contribution in [2.75, 3.05) is 25.4 Å². The van der Waals surface area contributed by atoms with Gasteiger partial charge >= 0.3 is 6.18 Å². The van der Waals surface area contributed by atoms with Crippen LogP contribution in [0.25, 0.3) is 11.5 Å². The van der Waals surface area contributed by atoms with Crippen LogP contribution in [-0.4, -0.2) is 50.0 Å². The van der Waals surface area contributed by atoms with Crippen LogP contribution in [0, 0.1) is 5.41 Å².